The van der Waals surface area contributed by atoms with Gasteiger partial charge in [0.05, 0.1) is 44.4 Å². The summed E-state index contributed by atoms with van der Waals surface area (Å²) in [5.41, 5.74) is 22.1. The lowest BCUT2D eigenvalue weighted by Crippen LogP contribution is -2.59. The summed E-state index contributed by atoms with van der Waals surface area (Å²) in [6.07, 6.45) is 2.64. The minimum atomic E-state index is -1.77. The van der Waals surface area contributed by atoms with E-state index in [1.165, 1.54) is 26.4 Å². The van der Waals surface area contributed by atoms with Crippen LogP contribution in [-0.2, 0) is 64.0 Å². The third-order valence-electron chi connectivity index (χ3n) is 11.8. The fourth-order valence-corrected chi connectivity index (χ4v) is 7.54. The van der Waals surface area contributed by atoms with Gasteiger partial charge in [-0.2, -0.15) is 25.3 Å². The molecule has 0 unspecified atom stereocenters. The molecule has 0 aromatic carbocycles. The van der Waals surface area contributed by atoms with Gasteiger partial charge in [-0.3, -0.25) is 69.0 Å². The molecule has 38 nitrogen and oxygen atoms in total. The Bertz CT molecular complexity index is 2500. The number of thiol groups is 2. The Morgan fingerprint density at radius 1 is 0.500 bits per heavy atom. The van der Waals surface area contributed by atoms with Crippen molar-refractivity contribution in [2.45, 2.75) is 119 Å². The lowest BCUT2D eigenvalue weighted by molar-refractivity contribution is -0.141. The van der Waals surface area contributed by atoms with E-state index in [1.54, 1.807) is 0 Å². The van der Waals surface area contributed by atoms with Crippen molar-refractivity contribution in [2.24, 2.45) is 22.9 Å². The van der Waals surface area contributed by atoms with Crippen LogP contribution in [-0.4, -0.2) is 232 Å². The van der Waals surface area contributed by atoms with Gasteiger partial charge < -0.3 is 118 Å². The molecule has 0 radical (unpaired) electrons. The zero-order valence-electron chi connectivity index (χ0n) is 47.1. The van der Waals surface area contributed by atoms with E-state index < -0.39 is 164 Å². The first-order valence-corrected chi connectivity index (χ1v) is 27.7. The number of nitrogens with one attached hydrogen (secondary N) is 18. The third kappa shape index (κ3) is 30.2. The van der Waals surface area contributed by atoms with Crippen molar-refractivity contribution in [3.05, 3.63) is 18.2 Å². The van der Waals surface area contributed by atoms with Crippen molar-refractivity contribution in [3.63, 3.8) is 0 Å². The summed E-state index contributed by atoms with van der Waals surface area (Å²) >= 11 is 7.92. The van der Waals surface area contributed by atoms with Crippen LogP contribution < -0.4 is 97.4 Å². The highest BCUT2D eigenvalue weighted by molar-refractivity contribution is 7.80. The van der Waals surface area contributed by atoms with E-state index in [0.717, 1.165) is 0 Å². The van der Waals surface area contributed by atoms with Gasteiger partial charge in [-0.05, 0) is 52.4 Å². The molecule has 0 aliphatic carbocycles. The Morgan fingerprint density at radius 2 is 0.872 bits per heavy atom. The molecule has 0 fully saturated rings. The average Bonchev–Trinajstić information content (AvgIpc) is 3.86. The van der Waals surface area contributed by atoms with Gasteiger partial charge in [-0.25, -0.2) is 9.78 Å². The number of aliphatic hydroxyl groups is 2. The normalized spacial score (nSPS) is 14.2. The summed E-state index contributed by atoms with van der Waals surface area (Å²) in [7, 11) is 0. The molecule has 0 bridgehead atoms. The monoisotopic (exact) mass is 1260 g/mol. The van der Waals surface area contributed by atoms with Crippen LogP contribution in [0, 0.1) is 16.2 Å². The van der Waals surface area contributed by atoms with Crippen LogP contribution in [0.1, 0.15) is 58.1 Å². The standard InChI is InChI=1S/C46H81N23O15S2/c1-21(34(74)67-28(12-23-13-54-20-60-23)41(81)69-31(19-86)43(83)84)61-32(72)14-59-38(78)29(16-70)68-35(75)22(2)62-39(79)26(7-4-10-56-45(50)51)66-42(82)30(17-71)63-33(73)15-58-37(77)25(6-3-9-55-44(48)49)65-40(80)27(8-5-11-57-46(52)53)64-36(76)24(47)18-85/h13,20-22,24-31,70-71,85-86H,3-12,14-19,47H2,1-2H3,(H,54,60)(H,58,77)(H,59,78)(H,61,72)(H,62,79)(H,63,73)(H,64,76)(H,65,80)(H,66,82)(H,67,74)(H,68,75)(H,69,81)(H,83,84)(H4,48,49,55)(H4,50,51,56)(H4,52,53,57)/t21-,22-,24-,25-,26-,27-,28-,29-,30-,31-/m0/s1. The molecular weight excluding hydrogens is 1180 g/mol. The largest absolute Gasteiger partial charge is 0.480 e. The van der Waals surface area contributed by atoms with Crippen LogP contribution in [0.3, 0.4) is 0 Å². The lowest BCUT2D eigenvalue weighted by atomic mass is 10.1. The van der Waals surface area contributed by atoms with Crippen molar-refractivity contribution in [1.29, 1.82) is 16.2 Å². The van der Waals surface area contributed by atoms with Gasteiger partial charge in [0, 0.05) is 43.8 Å². The Labute approximate surface area is 503 Å². The first-order chi connectivity index (χ1) is 40.6. The Kier molecular flexibility index (Phi) is 35.4. The van der Waals surface area contributed by atoms with E-state index >= 15 is 0 Å². The number of carbonyl (C=O) groups excluding carboxylic acids is 11. The highest BCUT2D eigenvalue weighted by Gasteiger charge is 2.33. The maximum absolute atomic E-state index is 13.6. The number of carbonyl (C=O) groups is 12. The number of nitrogens with two attached hydrogens (primary N) is 4. The van der Waals surface area contributed by atoms with Crippen LogP contribution >= 0.6 is 25.3 Å². The number of guanidine groups is 3. The number of aliphatic carboxylic acids is 1. The molecule has 11 amide bonds. The van der Waals surface area contributed by atoms with Gasteiger partial charge in [0.1, 0.15) is 54.4 Å². The molecule has 482 valence electrons. The number of carboxylic acids is 1. The second-order valence-electron chi connectivity index (χ2n) is 18.8. The van der Waals surface area contributed by atoms with Gasteiger partial charge >= 0.3 is 5.97 Å². The third-order valence-corrected chi connectivity index (χ3v) is 12.6. The van der Waals surface area contributed by atoms with Crippen LogP contribution in [0.25, 0.3) is 0 Å². The molecule has 0 spiro atoms. The smallest absolute Gasteiger partial charge is 0.327 e. The fraction of sp³-hybridized carbons (Fsp3) is 0.609. The molecule has 0 aliphatic heterocycles. The molecule has 0 saturated carbocycles. The molecule has 1 aromatic rings. The van der Waals surface area contributed by atoms with E-state index in [9.17, 15) is 72.9 Å². The predicted molar refractivity (Wildman–Crippen MR) is 312 cm³/mol. The first kappa shape index (κ1) is 75.3. The number of hydrogen-bond acceptors (Lipinski definition) is 21. The van der Waals surface area contributed by atoms with Gasteiger partial charge in [-0.15, -0.1) is 0 Å². The van der Waals surface area contributed by atoms with Gasteiger partial charge in [0.2, 0.25) is 65.0 Å². The zero-order chi connectivity index (χ0) is 65.1. The van der Waals surface area contributed by atoms with E-state index in [2.05, 4.69) is 110 Å². The summed E-state index contributed by atoms with van der Waals surface area (Å²) in [4.78, 5) is 163. The van der Waals surface area contributed by atoms with E-state index in [4.69, 9.17) is 39.2 Å². The predicted octanol–water partition coefficient (Wildman–Crippen LogP) is -11.4. The van der Waals surface area contributed by atoms with Crippen molar-refractivity contribution in [3.8, 4) is 0 Å². The summed E-state index contributed by atoms with van der Waals surface area (Å²) in [6, 6.07) is -14.3. The summed E-state index contributed by atoms with van der Waals surface area (Å²) < 4.78 is 0. The minimum Gasteiger partial charge on any atom is -0.480 e. The first-order valence-electron chi connectivity index (χ1n) is 26.5. The molecule has 29 N–H and O–H groups in total. The second-order valence-corrected chi connectivity index (χ2v) is 19.6. The molecule has 10 atom stereocenters. The number of aromatic nitrogens is 2. The Morgan fingerprint density at radius 3 is 1.30 bits per heavy atom. The van der Waals surface area contributed by atoms with Gasteiger partial charge in [-0.1, -0.05) is 0 Å². The maximum atomic E-state index is 13.6. The van der Waals surface area contributed by atoms with Crippen molar-refractivity contribution in [1.82, 2.24) is 84.4 Å². The molecule has 1 aromatic heterocycles. The molecule has 0 saturated heterocycles. The highest BCUT2D eigenvalue weighted by atomic mass is 32.1. The van der Waals surface area contributed by atoms with E-state index in [-0.39, 0.29) is 88.0 Å². The minimum absolute atomic E-state index is 0.00835. The van der Waals surface area contributed by atoms with Crippen molar-refractivity contribution in [2.75, 3.05) is 57.4 Å². The van der Waals surface area contributed by atoms with Crippen molar-refractivity contribution >= 4 is 114 Å². The number of rotatable bonds is 41. The molecule has 40 heteroatoms. The molecule has 86 heavy (non-hydrogen) atoms. The van der Waals surface area contributed by atoms with E-state index in [1.807, 2.05) is 0 Å². The van der Waals surface area contributed by atoms with Gasteiger partial charge in [0.25, 0.3) is 0 Å². The Balaban J connectivity index is 3.05. The van der Waals surface area contributed by atoms with Crippen LogP contribution in [0.15, 0.2) is 12.5 Å². The average molecular weight is 1260 g/mol. The number of imidazole rings is 1. The summed E-state index contributed by atoms with van der Waals surface area (Å²) in [5.74, 6) is -13.4. The second kappa shape index (κ2) is 40.5. The van der Waals surface area contributed by atoms with Crippen LogP contribution in [0.4, 0.5) is 0 Å². The fourth-order valence-electron chi connectivity index (χ4n) is 7.12. The molecular formula is C46H81N23O15S2. The maximum Gasteiger partial charge on any atom is 0.327 e. The molecule has 1 rings (SSSR count). The zero-order valence-corrected chi connectivity index (χ0v) is 48.9. The number of aromatic amines is 1. The van der Waals surface area contributed by atoms with Gasteiger partial charge in [0.15, 0.2) is 17.9 Å². The van der Waals surface area contributed by atoms with Crippen molar-refractivity contribution < 1.29 is 72.9 Å². The van der Waals surface area contributed by atoms with E-state index in [0.29, 0.717) is 5.69 Å². The lowest BCUT2D eigenvalue weighted by Gasteiger charge is -2.25. The quantitative estimate of drug-likeness (QED) is 0.0125. The SMILES string of the molecule is C[C@H](NC(=O)CNC(=O)[C@H](CO)NC(=O)[C@H](C)NC(=O)[C@H](CCCNC(=N)N)NC(=O)[C@H](CO)NC(=O)CNC(=O)[C@H](CCCNC(=N)N)NC(=O)[C@H](CCCNC(=N)N)NC(=O)[C@@H](N)CS)C(=O)N[C@@H](Cc1c[nH]cn1)C(=O)N[C@@H](CS)C(=O)O. The molecule has 0 aliphatic rings. The summed E-state index contributed by atoms with van der Waals surface area (Å²) in [5, 5.41) is 84.8. The number of nitrogens with zero attached hydrogens (tertiary/aromatic N) is 1. The number of aliphatic hydroxyl groups excluding tert-OH is 2. The van der Waals surface area contributed by atoms with Crippen LogP contribution in [0.2, 0.25) is 0 Å². The number of carboxylic acid groups (broad SMARTS) is 1. The molecule has 1 heterocycles. The number of H-pyrrole nitrogens is 1. The topological polar surface area (TPSA) is 638 Å². The number of amides is 11. The number of hydrogen-bond donors (Lipinski definition) is 27. The summed E-state index contributed by atoms with van der Waals surface area (Å²) in [6.45, 7) is -1.08. The van der Waals surface area contributed by atoms with Crippen LogP contribution in [0.5, 0.6) is 0 Å². The highest BCUT2D eigenvalue weighted by Crippen LogP contribution is 2.06. The Hall–Kier alpha value is -8.76.